The molecule has 3 rings (SSSR count). The second-order valence-corrected chi connectivity index (χ2v) is 5.92. The molecule has 0 radical (unpaired) electrons. The van der Waals surface area contributed by atoms with Crippen LogP contribution >= 0.6 is 0 Å². The van der Waals surface area contributed by atoms with E-state index < -0.39 is 0 Å². The molecule has 0 bridgehead atoms. The molecule has 6 heteroatoms. The third-order valence-electron chi connectivity index (χ3n) is 4.20. The van der Waals surface area contributed by atoms with Crippen LogP contribution in [0, 0.1) is 17.1 Å². The van der Waals surface area contributed by atoms with Crippen molar-refractivity contribution in [1.82, 2.24) is 4.98 Å². The van der Waals surface area contributed by atoms with Gasteiger partial charge in [-0.25, -0.2) is 9.37 Å². The van der Waals surface area contributed by atoms with Crippen molar-refractivity contribution < 1.29 is 9.18 Å². The Labute approximate surface area is 139 Å². The minimum Gasteiger partial charge on any atom is -0.363 e. The van der Waals surface area contributed by atoms with Crippen molar-refractivity contribution in [2.24, 2.45) is 0 Å². The molecule has 5 nitrogen and oxygen atoms in total. The van der Waals surface area contributed by atoms with Crippen LogP contribution in [0.1, 0.15) is 37.4 Å². The van der Waals surface area contributed by atoms with Gasteiger partial charge in [-0.3, -0.25) is 4.79 Å². The number of rotatable bonds is 2. The Bertz CT molecular complexity index is 813. The number of aromatic nitrogens is 1. The quantitative estimate of drug-likeness (QED) is 0.919. The van der Waals surface area contributed by atoms with E-state index in [-0.39, 0.29) is 23.8 Å². The van der Waals surface area contributed by atoms with E-state index in [1.165, 1.54) is 25.3 Å². The third kappa shape index (κ3) is 2.93. The lowest BCUT2D eigenvalue weighted by Gasteiger charge is -2.39. The minimum atomic E-state index is -0.341. The third-order valence-corrected chi connectivity index (χ3v) is 4.20. The highest BCUT2D eigenvalue weighted by Gasteiger charge is 2.32. The summed E-state index contributed by atoms with van der Waals surface area (Å²) in [6.07, 6.45) is 2.13. The maximum absolute atomic E-state index is 13.7. The highest BCUT2D eigenvalue weighted by molar-refractivity contribution is 5.93. The standard InChI is InChI=1S/C18H17FN4O/c1-11-7-16(22-18-6-3-13(9-20)10-21-18)15-8-14(19)4-5-17(15)23(11)12(2)24/h3-6,8,10-11,16H,7H2,1-2H3,(H,21,22)/t11-,16+/m0/s1. The summed E-state index contributed by atoms with van der Waals surface area (Å²) >= 11 is 0. The normalized spacial score (nSPS) is 19.3. The Morgan fingerprint density at radius 3 is 2.83 bits per heavy atom. The fourth-order valence-electron chi connectivity index (χ4n) is 3.18. The van der Waals surface area contributed by atoms with Crippen molar-refractivity contribution in [3.8, 4) is 6.07 Å². The molecule has 0 spiro atoms. The van der Waals surface area contributed by atoms with Crippen LogP contribution in [-0.2, 0) is 4.79 Å². The van der Waals surface area contributed by atoms with Gasteiger partial charge in [-0.2, -0.15) is 5.26 Å². The van der Waals surface area contributed by atoms with Crippen molar-refractivity contribution in [2.75, 3.05) is 10.2 Å². The number of amides is 1. The summed E-state index contributed by atoms with van der Waals surface area (Å²) in [5.74, 6) is 0.203. The van der Waals surface area contributed by atoms with Crippen LogP contribution in [0.5, 0.6) is 0 Å². The molecule has 2 aromatic rings. The lowest BCUT2D eigenvalue weighted by Crippen LogP contribution is -2.43. The first kappa shape index (κ1) is 15.9. The van der Waals surface area contributed by atoms with E-state index >= 15 is 0 Å². The van der Waals surface area contributed by atoms with Gasteiger partial charge in [0.05, 0.1) is 11.6 Å². The number of benzene rings is 1. The maximum Gasteiger partial charge on any atom is 0.224 e. The van der Waals surface area contributed by atoms with Crippen molar-refractivity contribution in [3.63, 3.8) is 0 Å². The van der Waals surface area contributed by atoms with Gasteiger partial charge in [0, 0.05) is 30.4 Å². The summed E-state index contributed by atoms with van der Waals surface area (Å²) in [5, 5.41) is 12.1. The largest absolute Gasteiger partial charge is 0.363 e. The van der Waals surface area contributed by atoms with Gasteiger partial charge in [0.2, 0.25) is 5.91 Å². The second kappa shape index (κ2) is 6.28. The molecule has 1 N–H and O–H groups in total. The molecule has 0 saturated carbocycles. The molecule has 0 saturated heterocycles. The van der Waals surface area contributed by atoms with Crippen LogP contribution in [0.3, 0.4) is 0 Å². The predicted molar refractivity (Wildman–Crippen MR) is 89.0 cm³/mol. The lowest BCUT2D eigenvalue weighted by molar-refractivity contribution is -0.117. The average molecular weight is 324 g/mol. The van der Waals surface area contributed by atoms with Crippen LogP contribution in [0.15, 0.2) is 36.5 Å². The van der Waals surface area contributed by atoms with Gasteiger partial charge in [-0.1, -0.05) is 0 Å². The van der Waals surface area contributed by atoms with Crippen molar-refractivity contribution in [3.05, 3.63) is 53.5 Å². The lowest BCUT2D eigenvalue weighted by atomic mass is 9.91. The zero-order valence-electron chi connectivity index (χ0n) is 13.5. The van der Waals surface area contributed by atoms with Gasteiger partial charge in [-0.05, 0) is 43.7 Å². The maximum atomic E-state index is 13.7. The molecule has 1 aromatic heterocycles. The van der Waals surface area contributed by atoms with Gasteiger partial charge >= 0.3 is 0 Å². The van der Waals surface area contributed by atoms with Crippen molar-refractivity contribution in [1.29, 1.82) is 5.26 Å². The SMILES string of the molecule is CC(=O)N1c2ccc(F)cc2[C@H](Nc2ccc(C#N)cn2)C[C@@H]1C. The smallest absolute Gasteiger partial charge is 0.224 e. The molecular weight excluding hydrogens is 307 g/mol. The fraction of sp³-hybridized carbons (Fsp3) is 0.278. The topological polar surface area (TPSA) is 69.0 Å². The van der Waals surface area contributed by atoms with Gasteiger partial charge in [0.15, 0.2) is 0 Å². The molecule has 0 fully saturated rings. The van der Waals surface area contributed by atoms with Crippen LogP contribution in [0.4, 0.5) is 15.9 Å². The van der Waals surface area contributed by atoms with Crippen molar-refractivity contribution >= 4 is 17.4 Å². The number of hydrogen-bond acceptors (Lipinski definition) is 4. The number of pyridine rings is 1. The van der Waals surface area contributed by atoms with E-state index in [0.29, 0.717) is 23.5 Å². The Morgan fingerprint density at radius 1 is 1.42 bits per heavy atom. The first-order valence-electron chi connectivity index (χ1n) is 7.71. The molecule has 1 aliphatic rings. The van der Waals surface area contributed by atoms with Gasteiger partial charge in [-0.15, -0.1) is 0 Å². The number of halogens is 1. The summed E-state index contributed by atoms with van der Waals surface area (Å²) in [7, 11) is 0. The Balaban J connectivity index is 1.96. The summed E-state index contributed by atoms with van der Waals surface area (Å²) in [6, 6.07) is 9.70. The average Bonchev–Trinajstić information content (AvgIpc) is 2.55. The first-order chi connectivity index (χ1) is 11.5. The van der Waals surface area contributed by atoms with Gasteiger partial charge in [0.25, 0.3) is 0 Å². The zero-order valence-corrected chi connectivity index (χ0v) is 13.5. The molecule has 24 heavy (non-hydrogen) atoms. The van der Waals surface area contributed by atoms with Crippen LogP contribution in [0.2, 0.25) is 0 Å². The number of hydrogen-bond donors (Lipinski definition) is 1. The van der Waals surface area contributed by atoms with Crippen LogP contribution in [-0.4, -0.2) is 16.9 Å². The minimum absolute atomic E-state index is 0.0173. The number of anilines is 2. The number of carbonyl (C=O) groups is 1. The predicted octanol–water partition coefficient (Wildman–Crippen LogP) is 3.39. The van der Waals surface area contributed by atoms with Crippen LogP contribution in [0.25, 0.3) is 0 Å². The fourth-order valence-corrected chi connectivity index (χ4v) is 3.18. The summed E-state index contributed by atoms with van der Waals surface area (Å²) in [6.45, 7) is 3.48. The summed E-state index contributed by atoms with van der Waals surface area (Å²) in [5.41, 5.74) is 1.93. The second-order valence-electron chi connectivity index (χ2n) is 5.92. The van der Waals surface area contributed by atoms with E-state index in [1.807, 2.05) is 13.0 Å². The monoisotopic (exact) mass is 324 g/mol. The molecule has 122 valence electrons. The van der Waals surface area contributed by atoms with Crippen molar-refractivity contribution in [2.45, 2.75) is 32.4 Å². The molecule has 1 aromatic carbocycles. The first-order valence-corrected chi connectivity index (χ1v) is 7.71. The molecule has 2 heterocycles. The summed E-state index contributed by atoms with van der Waals surface area (Å²) in [4.78, 5) is 17.9. The number of carbonyl (C=O) groups excluding carboxylic acids is 1. The zero-order chi connectivity index (χ0) is 17.3. The molecule has 2 atom stereocenters. The highest BCUT2D eigenvalue weighted by Crippen LogP contribution is 2.39. The highest BCUT2D eigenvalue weighted by atomic mass is 19.1. The van der Waals surface area contributed by atoms with E-state index in [0.717, 1.165) is 5.56 Å². The molecule has 1 amide bonds. The number of fused-ring (bicyclic) bond motifs is 1. The molecular formula is C18H17FN4O. The van der Waals surface area contributed by atoms with E-state index in [1.54, 1.807) is 23.1 Å². The van der Waals surface area contributed by atoms with E-state index in [4.69, 9.17) is 5.26 Å². The molecule has 0 unspecified atom stereocenters. The molecule has 1 aliphatic heterocycles. The molecule has 0 aliphatic carbocycles. The van der Waals surface area contributed by atoms with Gasteiger partial charge < -0.3 is 10.2 Å². The Morgan fingerprint density at radius 2 is 2.21 bits per heavy atom. The Hall–Kier alpha value is -2.94. The van der Waals surface area contributed by atoms with Crippen LogP contribution < -0.4 is 10.2 Å². The summed E-state index contributed by atoms with van der Waals surface area (Å²) < 4.78 is 13.7. The Kier molecular flexibility index (Phi) is 4.17. The van der Waals surface area contributed by atoms with E-state index in [2.05, 4.69) is 10.3 Å². The number of nitrogens with zero attached hydrogens (tertiary/aromatic N) is 3. The van der Waals surface area contributed by atoms with Gasteiger partial charge in [0.1, 0.15) is 17.7 Å². The number of nitrogens with one attached hydrogen (secondary N) is 1. The number of nitriles is 1. The van der Waals surface area contributed by atoms with E-state index in [9.17, 15) is 9.18 Å².